The van der Waals surface area contributed by atoms with Crippen molar-refractivity contribution in [1.29, 1.82) is 0 Å². The normalized spacial score (nSPS) is 18.3. The van der Waals surface area contributed by atoms with Gasteiger partial charge in [-0.15, -0.1) is 0 Å². The highest BCUT2D eigenvalue weighted by molar-refractivity contribution is 6.30. The standard InChI is InChI=1S/C22H16ClNO2/c23-17-12-10-16(11-13-17)22(14-20(25)15-6-2-1-3-7-15)21(26)18-8-4-5-9-19(18)24-22/h1-13,24H,14H2. The van der Waals surface area contributed by atoms with Gasteiger partial charge in [-0.3, -0.25) is 9.59 Å². The topological polar surface area (TPSA) is 46.2 Å². The molecule has 4 rings (SSSR count). The highest BCUT2D eigenvalue weighted by Crippen LogP contribution is 2.42. The van der Waals surface area contributed by atoms with Gasteiger partial charge in [-0.05, 0) is 29.8 Å². The number of rotatable bonds is 4. The number of Topliss-reactive ketones (excluding diaryl/α,β-unsaturated/α-hetero) is 2. The van der Waals surface area contributed by atoms with E-state index >= 15 is 0 Å². The summed E-state index contributed by atoms with van der Waals surface area (Å²) < 4.78 is 0. The zero-order valence-electron chi connectivity index (χ0n) is 13.9. The lowest BCUT2D eigenvalue weighted by Gasteiger charge is -2.29. The molecule has 0 amide bonds. The maximum atomic E-state index is 13.3. The summed E-state index contributed by atoms with van der Waals surface area (Å²) in [6.07, 6.45) is 0.0339. The van der Waals surface area contributed by atoms with Crippen molar-refractivity contribution in [2.24, 2.45) is 0 Å². The fourth-order valence-electron chi connectivity index (χ4n) is 3.44. The third-order valence-corrected chi connectivity index (χ3v) is 5.02. The third kappa shape index (κ3) is 2.71. The maximum Gasteiger partial charge on any atom is 0.195 e. The van der Waals surface area contributed by atoms with Gasteiger partial charge in [0.25, 0.3) is 0 Å². The van der Waals surface area contributed by atoms with E-state index < -0.39 is 5.54 Å². The Morgan fingerprint density at radius 1 is 0.885 bits per heavy atom. The second-order valence-corrected chi connectivity index (χ2v) is 6.81. The summed E-state index contributed by atoms with van der Waals surface area (Å²) in [5, 5.41) is 3.91. The molecule has 1 unspecified atom stereocenters. The monoisotopic (exact) mass is 361 g/mol. The molecule has 0 spiro atoms. The van der Waals surface area contributed by atoms with Crippen LogP contribution >= 0.6 is 11.6 Å². The Morgan fingerprint density at radius 2 is 1.54 bits per heavy atom. The van der Waals surface area contributed by atoms with Gasteiger partial charge in [0.1, 0.15) is 5.54 Å². The van der Waals surface area contributed by atoms with E-state index in [-0.39, 0.29) is 18.0 Å². The minimum Gasteiger partial charge on any atom is -0.368 e. The Morgan fingerprint density at radius 3 is 2.23 bits per heavy atom. The number of nitrogens with one attached hydrogen (secondary N) is 1. The average Bonchev–Trinajstić information content (AvgIpc) is 2.96. The van der Waals surface area contributed by atoms with Gasteiger partial charge in [0.15, 0.2) is 11.6 Å². The number of hydrogen-bond donors (Lipinski definition) is 1. The predicted octanol–water partition coefficient (Wildman–Crippen LogP) is 5.12. The first-order valence-electron chi connectivity index (χ1n) is 8.36. The van der Waals surface area contributed by atoms with Crippen molar-refractivity contribution in [1.82, 2.24) is 0 Å². The van der Waals surface area contributed by atoms with E-state index in [4.69, 9.17) is 11.6 Å². The Labute approximate surface area is 156 Å². The number of anilines is 1. The molecule has 4 heteroatoms. The molecule has 1 atom stereocenters. The maximum absolute atomic E-state index is 13.3. The number of fused-ring (bicyclic) bond motifs is 1. The van der Waals surface area contributed by atoms with Crippen molar-refractivity contribution in [2.45, 2.75) is 12.0 Å². The first-order chi connectivity index (χ1) is 12.6. The highest BCUT2D eigenvalue weighted by Gasteiger charge is 2.48. The van der Waals surface area contributed by atoms with Crippen LogP contribution in [0.25, 0.3) is 0 Å². The number of benzene rings is 3. The molecule has 0 bridgehead atoms. The van der Waals surface area contributed by atoms with E-state index in [9.17, 15) is 9.59 Å². The van der Waals surface area contributed by atoms with Gasteiger partial charge < -0.3 is 5.32 Å². The minimum absolute atomic E-state index is 0.0339. The number of carbonyl (C=O) groups is 2. The van der Waals surface area contributed by atoms with Gasteiger partial charge in [-0.25, -0.2) is 0 Å². The third-order valence-electron chi connectivity index (χ3n) is 4.77. The Bertz CT molecular complexity index is 983. The Balaban J connectivity index is 1.80. The van der Waals surface area contributed by atoms with Gasteiger partial charge in [-0.1, -0.05) is 66.2 Å². The highest BCUT2D eigenvalue weighted by atomic mass is 35.5. The summed E-state index contributed by atoms with van der Waals surface area (Å²) in [6.45, 7) is 0. The number of carbonyl (C=O) groups excluding carboxylic acids is 2. The van der Waals surface area contributed by atoms with Gasteiger partial charge in [0.2, 0.25) is 0 Å². The van der Waals surface area contributed by atoms with Crippen LogP contribution in [0, 0.1) is 0 Å². The number of halogens is 1. The molecule has 1 heterocycles. The van der Waals surface area contributed by atoms with E-state index in [1.54, 1.807) is 42.5 Å². The summed E-state index contributed by atoms with van der Waals surface area (Å²) in [4.78, 5) is 26.2. The second kappa shape index (κ2) is 6.43. The number of ketones is 2. The molecule has 0 aromatic heterocycles. The lowest BCUT2D eigenvalue weighted by atomic mass is 9.80. The summed E-state index contributed by atoms with van der Waals surface area (Å²) >= 11 is 6.02. The van der Waals surface area contributed by atoms with Crippen molar-refractivity contribution in [2.75, 3.05) is 5.32 Å². The molecule has 0 fully saturated rings. The van der Waals surface area contributed by atoms with Gasteiger partial charge in [0.05, 0.1) is 0 Å². The van der Waals surface area contributed by atoms with E-state index in [1.807, 2.05) is 36.4 Å². The molecule has 0 aliphatic carbocycles. The SMILES string of the molecule is O=C(CC1(c2ccc(Cl)cc2)Nc2ccccc2C1=O)c1ccccc1. The van der Waals surface area contributed by atoms with E-state index in [2.05, 4.69) is 5.32 Å². The summed E-state index contributed by atoms with van der Waals surface area (Å²) in [7, 11) is 0. The number of hydrogen-bond acceptors (Lipinski definition) is 3. The quantitative estimate of drug-likeness (QED) is 0.656. The molecule has 1 aliphatic heterocycles. The molecular formula is C22H16ClNO2. The van der Waals surface area contributed by atoms with E-state index in [1.165, 1.54) is 0 Å². The van der Waals surface area contributed by atoms with Crippen molar-refractivity contribution < 1.29 is 9.59 Å². The van der Waals surface area contributed by atoms with Crippen molar-refractivity contribution in [3.05, 3.63) is 101 Å². The van der Waals surface area contributed by atoms with Crippen molar-refractivity contribution in [3.63, 3.8) is 0 Å². The van der Waals surface area contributed by atoms with Crippen LogP contribution in [0.3, 0.4) is 0 Å². The lowest BCUT2D eigenvalue weighted by Crippen LogP contribution is -2.40. The first kappa shape index (κ1) is 16.6. The van der Waals surface area contributed by atoms with Crippen LogP contribution in [-0.4, -0.2) is 11.6 Å². The first-order valence-corrected chi connectivity index (χ1v) is 8.74. The predicted molar refractivity (Wildman–Crippen MR) is 103 cm³/mol. The van der Waals surface area contributed by atoms with Crippen LogP contribution in [0.15, 0.2) is 78.9 Å². The minimum atomic E-state index is -1.12. The van der Waals surface area contributed by atoms with Crippen LogP contribution in [0.4, 0.5) is 5.69 Å². The number of para-hydroxylation sites is 1. The molecule has 3 nitrogen and oxygen atoms in total. The zero-order valence-corrected chi connectivity index (χ0v) is 14.7. The van der Waals surface area contributed by atoms with Crippen molar-refractivity contribution >= 4 is 28.9 Å². The summed E-state index contributed by atoms with van der Waals surface area (Å²) in [5.74, 6) is -0.186. The van der Waals surface area contributed by atoms with Crippen LogP contribution in [0.1, 0.15) is 32.7 Å². The van der Waals surface area contributed by atoms with Crippen LogP contribution in [-0.2, 0) is 5.54 Å². The molecule has 128 valence electrons. The lowest BCUT2D eigenvalue weighted by molar-refractivity contribution is 0.0846. The Hall–Kier alpha value is -2.91. The molecular weight excluding hydrogens is 346 g/mol. The molecule has 0 saturated carbocycles. The van der Waals surface area contributed by atoms with Crippen molar-refractivity contribution in [3.8, 4) is 0 Å². The van der Waals surface area contributed by atoms with Gasteiger partial charge in [0, 0.05) is 28.3 Å². The fourth-order valence-corrected chi connectivity index (χ4v) is 3.56. The molecule has 0 radical (unpaired) electrons. The second-order valence-electron chi connectivity index (χ2n) is 6.38. The zero-order chi connectivity index (χ0) is 18.1. The van der Waals surface area contributed by atoms with Crippen LogP contribution in [0.5, 0.6) is 0 Å². The van der Waals surface area contributed by atoms with E-state index in [0.29, 0.717) is 16.1 Å². The fraction of sp³-hybridized carbons (Fsp3) is 0.0909. The molecule has 26 heavy (non-hydrogen) atoms. The molecule has 1 aliphatic rings. The molecule has 0 saturated heterocycles. The largest absolute Gasteiger partial charge is 0.368 e. The smallest absolute Gasteiger partial charge is 0.195 e. The summed E-state index contributed by atoms with van der Waals surface area (Å²) in [6, 6.07) is 23.5. The van der Waals surface area contributed by atoms with Gasteiger partial charge in [-0.2, -0.15) is 0 Å². The average molecular weight is 362 g/mol. The van der Waals surface area contributed by atoms with E-state index in [0.717, 1.165) is 11.3 Å². The van der Waals surface area contributed by atoms with Gasteiger partial charge >= 0.3 is 0 Å². The van der Waals surface area contributed by atoms with Crippen LogP contribution in [0.2, 0.25) is 5.02 Å². The molecule has 3 aromatic carbocycles. The van der Waals surface area contributed by atoms with Crippen LogP contribution < -0.4 is 5.32 Å². The molecule has 1 N–H and O–H groups in total. The molecule has 3 aromatic rings. The summed E-state index contributed by atoms with van der Waals surface area (Å²) in [5.41, 5.74) is 1.54. The Kier molecular flexibility index (Phi) is 4.09.